The quantitative estimate of drug-likeness (QED) is 0.892. The summed E-state index contributed by atoms with van der Waals surface area (Å²) < 4.78 is 0. The van der Waals surface area contributed by atoms with Gasteiger partial charge in [0.1, 0.15) is 0 Å². The van der Waals surface area contributed by atoms with Gasteiger partial charge in [-0.25, -0.2) is 4.98 Å². The molecule has 0 aliphatic heterocycles. The molecule has 0 bridgehead atoms. The molecule has 2 aromatic rings. The third kappa shape index (κ3) is 4.03. The van der Waals surface area contributed by atoms with Crippen molar-refractivity contribution >= 4 is 34.0 Å². The second-order valence-electron chi connectivity index (χ2n) is 4.56. The highest BCUT2D eigenvalue weighted by Crippen LogP contribution is 2.22. The van der Waals surface area contributed by atoms with E-state index in [1.165, 1.54) is 11.3 Å². The van der Waals surface area contributed by atoms with E-state index in [-0.39, 0.29) is 11.8 Å². The number of amides is 1. The molecule has 1 unspecified atom stereocenters. The highest BCUT2D eigenvalue weighted by Gasteiger charge is 2.13. The molecule has 20 heavy (non-hydrogen) atoms. The fourth-order valence-corrected chi connectivity index (χ4v) is 2.69. The first-order valence-corrected chi connectivity index (χ1v) is 7.48. The molecule has 1 aromatic heterocycles. The Morgan fingerprint density at radius 2 is 2.35 bits per heavy atom. The first-order valence-electron chi connectivity index (χ1n) is 6.28. The molecular formula is C14H16ClN3OS. The van der Waals surface area contributed by atoms with Crippen LogP contribution in [0.2, 0.25) is 5.02 Å². The number of nitrogens with one attached hydrogen (secondary N) is 1. The summed E-state index contributed by atoms with van der Waals surface area (Å²) in [6.07, 6.45) is 2.52. The number of anilines is 1. The second kappa shape index (κ2) is 6.83. The van der Waals surface area contributed by atoms with E-state index >= 15 is 0 Å². The zero-order chi connectivity index (χ0) is 14.5. The highest BCUT2D eigenvalue weighted by molar-refractivity contribution is 7.15. The lowest BCUT2D eigenvalue weighted by Crippen LogP contribution is -2.26. The lowest BCUT2D eigenvalue weighted by molar-refractivity contribution is -0.119. The van der Waals surface area contributed by atoms with Crippen molar-refractivity contribution in [3.05, 3.63) is 45.9 Å². The molecule has 106 valence electrons. The number of thiazole rings is 1. The van der Waals surface area contributed by atoms with Crippen LogP contribution in [0.25, 0.3) is 0 Å². The Bertz CT molecular complexity index is 600. The number of carbonyl (C=O) groups is 1. The van der Waals surface area contributed by atoms with Crippen molar-refractivity contribution in [2.24, 2.45) is 11.7 Å². The Hall–Kier alpha value is -1.43. The molecule has 0 aliphatic carbocycles. The third-order valence-electron chi connectivity index (χ3n) is 2.85. The molecule has 1 aromatic carbocycles. The predicted octanol–water partition coefficient (Wildman–Crippen LogP) is 2.92. The van der Waals surface area contributed by atoms with E-state index < -0.39 is 0 Å². The van der Waals surface area contributed by atoms with Crippen molar-refractivity contribution in [1.82, 2.24) is 4.98 Å². The minimum absolute atomic E-state index is 0.101. The number of hydrogen-bond donors (Lipinski definition) is 2. The van der Waals surface area contributed by atoms with E-state index in [0.29, 0.717) is 11.7 Å². The topological polar surface area (TPSA) is 68.0 Å². The van der Waals surface area contributed by atoms with Gasteiger partial charge in [0.25, 0.3) is 0 Å². The van der Waals surface area contributed by atoms with Gasteiger partial charge in [0.05, 0.1) is 0 Å². The molecule has 0 aliphatic rings. The first kappa shape index (κ1) is 15.0. The Morgan fingerprint density at radius 1 is 1.55 bits per heavy atom. The van der Waals surface area contributed by atoms with Gasteiger partial charge in [-0.1, -0.05) is 30.7 Å². The molecule has 3 N–H and O–H groups in total. The van der Waals surface area contributed by atoms with Gasteiger partial charge in [-0.2, -0.15) is 0 Å². The van der Waals surface area contributed by atoms with Crippen LogP contribution in [0.15, 0.2) is 30.5 Å². The molecule has 2 rings (SSSR count). The van der Waals surface area contributed by atoms with Gasteiger partial charge in [0.2, 0.25) is 5.91 Å². The summed E-state index contributed by atoms with van der Waals surface area (Å²) in [6.45, 7) is 2.11. The van der Waals surface area contributed by atoms with Crippen molar-refractivity contribution < 1.29 is 4.79 Å². The van der Waals surface area contributed by atoms with Gasteiger partial charge in [-0.05, 0) is 17.7 Å². The van der Waals surface area contributed by atoms with Crippen LogP contribution >= 0.6 is 22.9 Å². The Labute approximate surface area is 127 Å². The predicted molar refractivity (Wildman–Crippen MR) is 83.2 cm³/mol. The van der Waals surface area contributed by atoms with Gasteiger partial charge >= 0.3 is 0 Å². The van der Waals surface area contributed by atoms with Gasteiger partial charge in [0, 0.05) is 35.0 Å². The zero-order valence-electron chi connectivity index (χ0n) is 11.1. The lowest BCUT2D eigenvalue weighted by Gasteiger charge is -2.06. The van der Waals surface area contributed by atoms with Crippen molar-refractivity contribution in [2.45, 2.75) is 13.3 Å². The number of nitrogens with two attached hydrogens (primary N) is 1. The minimum Gasteiger partial charge on any atom is -0.330 e. The van der Waals surface area contributed by atoms with Crippen LogP contribution in [-0.2, 0) is 11.2 Å². The van der Waals surface area contributed by atoms with Crippen molar-refractivity contribution in [3.63, 3.8) is 0 Å². The summed E-state index contributed by atoms with van der Waals surface area (Å²) in [7, 11) is 0. The molecule has 0 saturated carbocycles. The largest absolute Gasteiger partial charge is 0.330 e. The first-order chi connectivity index (χ1) is 9.58. The molecule has 0 radical (unpaired) electrons. The highest BCUT2D eigenvalue weighted by atomic mass is 35.5. The minimum atomic E-state index is -0.213. The van der Waals surface area contributed by atoms with E-state index in [4.69, 9.17) is 17.3 Å². The van der Waals surface area contributed by atoms with Crippen molar-refractivity contribution in [3.8, 4) is 0 Å². The molecule has 0 fully saturated rings. The molecule has 4 nitrogen and oxygen atoms in total. The van der Waals surface area contributed by atoms with E-state index in [1.807, 2.05) is 24.3 Å². The fraction of sp³-hybridized carbons (Fsp3) is 0.286. The number of benzene rings is 1. The van der Waals surface area contributed by atoms with Crippen LogP contribution in [-0.4, -0.2) is 17.4 Å². The SMILES string of the molecule is CC(CN)C(=O)Nc1ncc(Cc2cccc(Cl)c2)s1. The molecule has 1 atom stereocenters. The summed E-state index contributed by atoms with van der Waals surface area (Å²) in [4.78, 5) is 17.0. The summed E-state index contributed by atoms with van der Waals surface area (Å²) >= 11 is 7.42. The van der Waals surface area contributed by atoms with Crippen molar-refractivity contribution in [2.75, 3.05) is 11.9 Å². The van der Waals surface area contributed by atoms with E-state index in [9.17, 15) is 4.79 Å². The van der Waals surface area contributed by atoms with E-state index in [0.717, 1.165) is 21.9 Å². The average molecular weight is 310 g/mol. The molecular weight excluding hydrogens is 294 g/mol. The summed E-state index contributed by atoms with van der Waals surface area (Å²) in [5.41, 5.74) is 6.58. The molecule has 6 heteroatoms. The molecule has 0 spiro atoms. The Balaban J connectivity index is 2.00. The zero-order valence-corrected chi connectivity index (χ0v) is 12.7. The maximum absolute atomic E-state index is 11.7. The van der Waals surface area contributed by atoms with Crippen LogP contribution in [0.1, 0.15) is 17.4 Å². The van der Waals surface area contributed by atoms with Crippen LogP contribution in [0.4, 0.5) is 5.13 Å². The number of nitrogens with zero attached hydrogens (tertiary/aromatic N) is 1. The second-order valence-corrected chi connectivity index (χ2v) is 6.12. The van der Waals surface area contributed by atoms with Crippen LogP contribution in [0, 0.1) is 5.92 Å². The van der Waals surface area contributed by atoms with Crippen molar-refractivity contribution in [1.29, 1.82) is 0 Å². The van der Waals surface area contributed by atoms with Gasteiger partial charge in [0.15, 0.2) is 5.13 Å². The summed E-state index contributed by atoms with van der Waals surface area (Å²) in [6, 6.07) is 7.71. The normalized spacial score (nSPS) is 12.2. The van der Waals surface area contributed by atoms with Gasteiger partial charge in [-0.15, -0.1) is 11.3 Å². The summed E-state index contributed by atoms with van der Waals surface area (Å²) in [5, 5.41) is 4.10. The lowest BCUT2D eigenvalue weighted by atomic mass is 10.1. The average Bonchev–Trinajstić information content (AvgIpc) is 2.85. The Morgan fingerprint density at radius 3 is 3.05 bits per heavy atom. The maximum Gasteiger partial charge on any atom is 0.230 e. The third-order valence-corrected chi connectivity index (χ3v) is 4.00. The van der Waals surface area contributed by atoms with Gasteiger partial charge in [-0.3, -0.25) is 4.79 Å². The smallest absolute Gasteiger partial charge is 0.230 e. The van der Waals surface area contributed by atoms with Gasteiger partial charge < -0.3 is 11.1 Å². The van der Waals surface area contributed by atoms with Crippen LogP contribution < -0.4 is 11.1 Å². The molecule has 1 amide bonds. The number of halogens is 1. The number of hydrogen-bond acceptors (Lipinski definition) is 4. The number of aromatic nitrogens is 1. The monoisotopic (exact) mass is 309 g/mol. The van der Waals surface area contributed by atoms with E-state index in [2.05, 4.69) is 10.3 Å². The van der Waals surface area contributed by atoms with Crippen LogP contribution in [0.3, 0.4) is 0 Å². The molecule has 1 heterocycles. The van der Waals surface area contributed by atoms with E-state index in [1.54, 1.807) is 13.1 Å². The standard InChI is InChI=1S/C14H16ClN3OS/c1-9(7-16)13(19)18-14-17-8-12(20-14)6-10-3-2-4-11(15)5-10/h2-5,8-9H,6-7,16H2,1H3,(H,17,18,19). The van der Waals surface area contributed by atoms with Crippen LogP contribution in [0.5, 0.6) is 0 Å². The number of carbonyl (C=O) groups excluding carboxylic acids is 1. The summed E-state index contributed by atoms with van der Waals surface area (Å²) in [5.74, 6) is -0.313. The molecule has 0 saturated heterocycles. The maximum atomic E-state index is 11.7. The Kier molecular flexibility index (Phi) is 5.11. The fourth-order valence-electron chi connectivity index (χ4n) is 1.63. The number of rotatable bonds is 5.